The Bertz CT molecular complexity index is 560. The highest BCUT2D eigenvalue weighted by molar-refractivity contribution is 5.40. The number of H-pyrrole nitrogens is 1. The summed E-state index contributed by atoms with van der Waals surface area (Å²) >= 11 is 0. The van der Waals surface area contributed by atoms with E-state index in [1.807, 2.05) is 18.5 Å². The summed E-state index contributed by atoms with van der Waals surface area (Å²) in [6.45, 7) is 0. The number of rotatable bonds is 2. The molecule has 0 spiro atoms. The molecule has 2 N–H and O–H groups in total. The maximum absolute atomic E-state index is 10.5. The third-order valence-electron chi connectivity index (χ3n) is 4.72. The van der Waals surface area contributed by atoms with Crippen molar-refractivity contribution in [3.63, 3.8) is 0 Å². The van der Waals surface area contributed by atoms with Crippen LogP contribution in [0.25, 0.3) is 0 Å². The van der Waals surface area contributed by atoms with Crippen molar-refractivity contribution >= 4 is 0 Å². The van der Waals surface area contributed by atoms with Gasteiger partial charge in [-0.3, -0.25) is 0 Å². The van der Waals surface area contributed by atoms with Gasteiger partial charge >= 0.3 is 0 Å². The van der Waals surface area contributed by atoms with Crippen LogP contribution >= 0.6 is 0 Å². The van der Waals surface area contributed by atoms with E-state index in [4.69, 9.17) is 0 Å². The summed E-state index contributed by atoms with van der Waals surface area (Å²) in [5.74, 6) is 1.69. The quantitative estimate of drug-likeness (QED) is 0.830. The standard InChI is InChI=1S/C16H17NO/c18-16(11-7-8-17-9-11)15-13-6-5-10-3-1-2-4-12(10)14(13)15/h1-4,7-9,13-18H,5-6H2. The van der Waals surface area contributed by atoms with Crippen LogP contribution in [0.2, 0.25) is 0 Å². The maximum Gasteiger partial charge on any atom is 0.0841 e. The van der Waals surface area contributed by atoms with E-state index in [0.717, 1.165) is 5.56 Å². The Morgan fingerprint density at radius 1 is 1.22 bits per heavy atom. The second-order valence-electron chi connectivity index (χ2n) is 5.59. The van der Waals surface area contributed by atoms with Crippen LogP contribution in [0.3, 0.4) is 0 Å². The molecule has 2 aromatic rings. The van der Waals surface area contributed by atoms with Gasteiger partial charge in [0.2, 0.25) is 0 Å². The van der Waals surface area contributed by atoms with E-state index in [1.54, 1.807) is 0 Å². The molecule has 0 radical (unpaired) electrons. The van der Waals surface area contributed by atoms with Crippen molar-refractivity contribution in [3.8, 4) is 0 Å². The van der Waals surface area contributed by atoms with E-state index in [1.165, 1.54) is 24.0 Å². The molecule has 0 saturated heterocycles. The van der Waals surface area contributed by atoms with Gasteiger partial charge in [0.15, 0.2) is 0 Å². The number of aliphatic hydroxyl groups excluding tert-OH is 1. The van der Waals surface area contributed by atoms with E-state index in [2.05, 4.69) is 29.2 Å². The molecule has 0 amide bonds. The zero-order valence-corrected chi connectivity index (χ0v) is 10.2. The molecule has 1 aromatic heterocycles. The van der Waals surface area contributed by atoms with Gasteiger partial charge in [-0.25, -0.2) is 0 Å². The van der Waals surface area contributed by atoms with E-state index < -0.39 is 0 Å². The largest absolute Gasteiger partial charge is 0.388 e. The number of aromatic amines is 1. The second kappa shape index (κ2) is 3.72. The van der Waals surface area contributed by atoms with Gasteiger partial charge in [-0.1, -0.05) is 24.3 Å². The van der Waals surface area contributed by atoms with Crippen LogP contribution in [0.5, 0.6) is 0 Å². The Balaban J connectivity index is 1.65. The molecule has 92 valence electrons. The highest BCUT2D eigenvalue weighted by Gasteiger charge is 2.56. The van der Waals surface area contributed by atoms with Crippen molar-refractivity contribution in [2.24, 2.45) is 11.8 Å². The third kappa shape index (κ3) is 1.39. The minimum absolute atomic E-state index is 0.308. The predicted octanol–water partition coefficient (Wildman–Crippen LogP) is 3.02. The molecule has 1 fully saturated rings. The fourth-order valence-electron chi connectivity index (χ4n) is 3.79. The molecule has 2 aliphatic carbocycles. The number of nitrogens with one attached hydrogen (secondary N) is 1. The number of aryl methyl sites for hydroxylation is 1. The van der Waals surface area contributed by atoms with E-state index >= 15 is 0 Å². The average Bonchev–Trinajstić information content (AvgIpc) is 2.89. The fourth-order valence-corrected chi connectivity index (χ4v) is 3.79. The molecule has 18 heavy (non-hydrogen) atoms. The molecule has 4 rings (SSSR count). The highest BCUT2D eigenvalue weighted by atomic mass is 16.3. The topological polar surface area (TPSA) is 36.0 Å². The first kappa shape index (κ1) is 10.4. The Morgan fingerprint density at radius 3 is 2.94 bits per heavy atom. The number of aliphatic hydroxyl groups is 1. The fraction of sp³-hybridized carbons (Fsp3) is 0.375. The average molecular weight is 239 g/mol. The zero-order valence-electron chi connectivity index (χ0n) is 10.2. The summed E-state index contributed by atoms with van der Waals surface area (Å²) < 4.78 is 0. The van der Waals surface area contributed by atoms with Crippen molar-refractivity contribution in [1.82, 2.24) is 4.98 Å². The van der Waals surface area contributed by atoms with Gasteiger partial charge in [0, 0.05) is 12.4 Å². The first-order chi connectivity index (χ1) is 8.86. The summed E-state index contributed by atoms with van der Waals surface area (Å²) in [4.78, 5) is 3.03. The van der Waals surface area contributed by atoms with Crippen LogP contribution in [-0.2, 0) is 6.42 Å². The molecular weight excluding hydrogens is 222 g/mol. The lowest BCUT2D eigenvalue weighted by Crippen LogP contribution is -2.00. The Morgan fingerprint density at radius 2 is 2.11 bits per heavy atom. The molecule has 1 aromatic carbocycles. The monoisotopic (exact) mass is 239 g/mol. The van der Waals surface area contributed by atoms with Gasteiger partial charge in [-0.2, -0.15) is 0 Å². The van der Waals surface area contributed by atoms with Crippen molar-refractivity contribution in [3.05, 3.63) is 59.4 Å². The minimum atomic E-state index is -0.308. The van der Waals surface area contributed by atoms with E-state index in [-0.39, 0.29) is 6.10 Å². The van der Waals surface area contributed by atoms with Crippen molar-refractivity contribution < 1.29 is 5.11 Å². The van der Waals surface area contributed by atoms with Gasteiger partial charge in [-0.15, -0.1) is 0 Å². The maximum atomic E-state index is 10.5. The number of hydrogen-bond acceptors (Lipinski definition) is 1. The van der Waals surface area contributed by atoms with Crippen LogP contribution in [0.4, 0.5) is 0 Å². The lowest BCUT2D eigenvalue weighted by atomic mass is 9.92. The van der Waals surface area contributed by atoms with Crippen molar-refractivity contribution in [2.45, 2.75) is 24.9 Å². The van der Waals surface area contributed by atoms with Crippen LogP contribution in [-0.4, -0.2) is 10.1 Å². The van der Waals surface area contributed by atoms with E-state index in [0.29, 0.717) is 17.8 Å². The smallest absolute Gasteiger partial charge is 0.0841 e. The Hall–Kier alpha value is -1.54. The molecule has 1 heterocycles. The second-order valence-corrected chi connectivity index (χ2v) is 5.59. The normalized spacial score (nSPS) is 30.4. The van der Waals surface area contributed by atoms with Crippen LogP contribution in [0.15, 0.2) is 42.7 Å². The SMILES string of the molecule is OC(c1cc[nH]c1)C1C2CCc3ccccc3C21. The van der Waals surface area contributed by atoms with Gasteiger partial charge < -0.3 is 10.1 Å². The number of fused-ring (bicyclic) bond motifs is 3. The van der Waals surface area contributed by atoms with E-state index in [9.17, 15) is 5.11 Å². The van der Waals surface area contributed by atoms with Gasteiger partial charge in [0.05, 0.1) is 6.10 Å². The molecule has 4 atom stereocenters. The number of hydrogen-bond donors (Lipinski definition) is 2. The molecule has 0 bridgehead atoms. The lowest BCUT2D eigenvalue weighted by Gasteiger charge is -2.13. The molecule has 4 unspecified atom stereocenters. The first-order valence-electron chi connectivity index (χ1n) is 6.75. The van der Waals surface area contributed by atoms with Crippen LogP contribution in [0.1, 0.15) is 35.1 Å². The first-order valence-corrected chi connectivity index (χ1v) is 6.75. The molecule has 2 aliphatic rings. The Labute approximate surface area is 107 Å². The minimum Gasteiger partial charge on any atom is -0.388 e. The Kier molecular flexibility index (Phi) is 2.15. The predicted molar refractivity (Wildman–Crippen MR) is 70.2 cm³/mol. The highest BCUT2D eigenvalue weighted by Crippen LogP contribution is 2.64. The summed E-state index contributed by atoms with van der Waals surface area (Å²) in [5.41, 5.74) is 4.00. The molecule has 1 saturated carbocycles. The van der Waals surface area contributed by atoms with Gasteiger partial charge in [0.1, 0.15) is 0 Å². The molecule has 2 nitrogen and oxygen atoms in total. The summed E-state index contributed by atoms with van der Waals surface area (Å²) in [7, 11) is 0. The summed E-state index contributed by atoms with van der Waals surface area (Å²) in [6, 6.07) is 10.7. The van der Waals surface area contributed by atoms with Gasteiger partial charge in [0.25, 0.3) is 0 Å². The lowest BCUT2D eigenvalue weighted by molar-refractivity contribution is 0.145. The third-order valence-corrected chi connectivity index (χ3v) is 4.72. The van der Waals surface area contributed by atoms with Crippen LogP contribution < -0.4 is 0 Å². The molecular formula is C16H17NO. The summed E-state index contributed by atoms with van der Waals surface area (Å²) in [5, 5.41) is 10.5. The zero-order chi connectivity index (χ0) is 12.1. The number of aromatic nitrogens is 1. The van der Waals surface area contributed by atoms with Gasteiger partial charge in [-0.05, 0) is 53.4 Å². The van der Waals surface area contributed by atoms with Crippen molar-refractivity contribution in [2.75, 3.05) is 0 Å². The molecule has 2 heteroatoms. The van der Waals surface area contributed by atoms with Crippen molar-refractivity contribution in [1.29, 1.82) is 0 Å². The number of benzene rings is 1. The molecule has 0 aliphatic heterocycles. The van der Waals surface area contributed by atoms with Crippen LogP contribution in [0, 0.1) is 11.8 Å². The summed E-state index contributed by atoms with van der Waals surface area (Å²) in [6.07, 6.45) is 5.90.